The molecule has 1 aliphatic heterocycles. The molecule has 0 aliphatic carbocycles. The number of alkyl halides is 3. The fourth-order valence-electron chi connectivity index (χ4n) is 2.16. The van der Waals surface area contributed by atoms with Crippen molar-refractivity contribution < 1.29 is 23.2 Å². The molecule has 0 unspecified atom stereocenters. The molecule has 0 bridgehead atoms. The van der Waals surface area contributed by atoms with E-state index >= 15 is 0 Å². The van der Waals surface area contributed by atoms with Gasteiger partial charge >= 0.3 is 6.18 Å². The van der Waals surface area contributed by atoms with Crippen molar-refractivity contribution in [2.24, 2.45) is 0 Å². The quantitative estimate of drug-likeness (QED) is 0.666. The van der Waals surface area contributed by atoms with Gasteiger partial charge in [-0.25, -0.2) is 0 Å². The Morgan fingerprint density at radius 2 is 1.84 bits per heavy atom. The molecule has 1 aromatic carbocycles. The van der Waals surface area contributed by atoms with E-state index in [4.69, 9.17) is 0 Å². The molecule has 1 aliphatic rings. The van der Waals surface area contributed by atoms with E-state index in [1.165, 1.54) is 0 Å². The highest BCUT2D eigenvalue weighted by atomic mass is 19.4. The topological polar surface area (TPSA) is 66.6 Å². The fourth-order valence-corrected chi connectivity index (χ4v) is 2.16. The highest BCUT2D eigenvalue weighted by molar-refractivity contribution is 5.66. The minimum atomic E-state index is -4.83. The molecule has 1 heterocycles. The van der Waals surface area contributed by atoms with Crippen molar-refractivity contribution in [2.75, 3.05) is 18.0 Å². The van der Waals surface area contributed by atoms with Crippen LogP contribution in [0.3, 0.4) is 0 Å². The van der Waals surface area contributed by atoms with Crippen molar-refractivity contribution in [3.63, 3.8) is 0 Å². The standard InChI is InChI=1S/C11H11F3N2O3/c12-11(13,14)7-5-9(15-3-1-2-4-15)10(17)6-8(7)16(18)19/h5-6,17H,1-4H2. The second-order valence-electron chi connectivity index (χ2n) is 4.31. The third-order valence-electron chi connectivity index (χ3n) is 3.04. The van der Waals surface area contributed by atoms with Crippen molar-refractivity contribution in [1.29, 1.82) is 0 Å². The number of halogens is 3. The summed E-state index contributed by atoms with van der Waals surface area (Å²) < 4.78 is 38.4. The molecular weight excluding hydrogens is 265 g/mol. The van der Waals surface area contributed by atoms with Gasteiger partial charge in [0, 0.05) is 13.1 Å². The van der Waals surface area contributed by atoms with Crippen molar-refractivity contribution >= 4 is 11.4 Å². The summed E-state index contributed by atoms with van der Waals surface area (Å²) in [5.74, 6) is -0.499. The van der Waals surface area contributed by atoms with Gasteiger partial charge in [-0.1, -0.05) is 0 Å². The predicted octanol–water partition coefficient (Wildman–Crippen LogP) is 2.92. The zero-order chi connectivity index (χ0) is 14.2. The lowest BCUT2D eigenvalue weighted by Gasteiger charge is -2.20. The minimum Gasteiger partial charge on any atom is -0.506 e. The Kier molecular flexibility index (Phi) is 3.25. The average Bonchev–Trinajstić information content (AvgIpc) is 2.80. The monoisotopic (exact) mass is 276 g/mol. The molecule has 5 nitrogen and oxygen atoms in total. The first kappa shape index (κ1) is 13.4. The number of hydrogen-bond donors (Lipinski definition) is 1. The molecule has 0 aromatic heterocycles. The third kappa shape index (κ3) is 2.56. The highest BCUT2D eigenvalue weighted by Crippen LogP contribution is 2.43. The summed E-state index contributed by atoms with van der Waals surface area (Å²) in [6.45, 7) is 1.06. The molecule has 0 amide bonds. The van der Waals surface area contributed by atoms with Crippen LogP contribution in [0.25, 0.3) is 0 Å². The number of rotatable bonds is 2. The molecular formula is C11H11F3N2O3. The van der Waals surface area contributed by atoms with E-state index in [0.29, 0.717) is 25.2 Å². The van der Waals surface area contributed by atoms with E-state index in [-0.39, 0.29) is 5.69 Å². The molecule has 0 spiro atoms. The van der Waals surface area contributed by atoms with Gasteiger partial charge in [-0.15, -0.1) is 0 Å². The molecule has 1 N–H and O–H groups in total. The summed E-state index contributed by atoms with van der Waals surface area (Å²) in [5, 5.41) is 20.3. The lowest BCUT2D eigenvalue weighted by Crippen LogP contribution is -2.19. The summed E-state index contributed by atoms with van der Waals surface area (Å²) in [6, 6.07) is 1.22. The van der Waals surface area contributed by atoms with Crippen molar-refractivity contribution in [2.45, 2.75) is 19.0 Å². The van der Waals surface area contributed by atoms with Crippen molar-refractivity contribution in [1.82, 2.24) is 0 Å². The molecule has 0 saturated carbocycles. The summed E-state index contributed by atoms with van der Waals surface area (Å²) >= 11 is 0. The van der Waals surface area contributed by atoms with E-state index in [9.17, 15) is 28.4 Å². The Hall–Kier alpha value is -1.99. The van der Waals surface area contributed by atoms with Crippen LogP contribution in [0.5, 0.6) is 5.75 Å². The largest absolute Gasteiger partial charge is 0.506 e. The normalized spacial score (nSPS) is 15.8. The van der Waals surface area contributed by atoms with Gasteiger partial charge in [0.25, 0.3) is 5.69 Å². The van der Waals surface area contributed by atoms with Crippen molar-refractivity contribution in [3.05, 3.63) is 27.8 Å². The van der Waals surface area contributed by atoms with Gasteiger partial charge in [0.1, 0.15) is 11.3 Å². The molecule has 19 heavy (non-hydrogen) atoms. The number of hydrogen-bond acceptors (Lipinski definition) is 4. The zero-order valence-corrected chi connectivity index (χ0v) is 9.78. The van der Waals surface area contributed by atoms with Gasteiger partial charge in [-0.3, -0.25) is 10.1 Å². The predicted molar refractivity (Wildman–Crippen MR) is 61.2 cm³/mol. The van der Waals surface area contributed by atoms with Crippen LogP contribution < -0.4 is 4.90 Å². The summed E-state index contributed by atoms with van der Waals surface area (Å²) in [4.78, 5) is 11.1. The number of phenols is 1. The van der Waals surface area contributed by atoms with E-state index in [0.717, 1.165) is 12.8 Å². The van der Waals surface area contributed by atoms with E-state index in [2.05, 4.69) is 0 Å². The smallest absolute Gasteiger partial charge is 0.423 e. The van der Waals surface area contributed by atoms with Crippen LogP contribution in [0.1, 0.15) is 18.4 Å². The Morgan fingerprint density at radius 3 is 2.32 bits per heavy atom. The number of anilines is 1. The van der Waals surface area contributed by atoms with E-state index < -0.39 is 28.1 Å². The van der Waals surface area contributed by atoms with Crippen LogP contribution in [0, 0.1) is 10.1 Å². The maximum absolute atomic E-state index is 12.8. The van der Waals surface area contributed by atoms with Gasteiger partial charge in [0.15, 0.2) is 0 Å². The average molecular weight is 276 g/mol. The highest BCUT2D eigenvalue weighted by Gasteiger charge is 2.40. The Bertz CT molecular complexity index is 511. The Labute approximate surface area is 106 Å². The van der Waals surface area contributed by atoms with E-state index in [1.54, 1.807) is 4.90 Å². The first-order valence-electron chi connectivity index (χ1n) is 5.64. The number of nitro groups is 1. The van der Waals surface area contributed by atoms with E-state index in [1.807, 2.05) is 0 Å². The first-order valence-corrected chi connectivity index (χ1v) is 5.64. The van der Waals surface area contributed by atoms with Gasteiger partial charge < -0.3 is 10.0 Å². The summed E-state index contributed by atoms with van der Waals surface area (Å²) in [6.07, 6.45) is -3.19. The number of benzene rings is 1. The summed E-state index contributed by atoms with van der Waals surface area (Å²) in [5.41, 5.74) is -2.47. The van der Waals surface area contributed by atoms with Crippen LogP contribution in [0.2, 0.25) is 0 Å². The van der Waals surface area contributed by atoms with Crippen molar-refractivity contribution in [3.8, 4) is 5.75 Å². The number of nitrogens with zero attached hydrogens (tertiary/aromatic N) is 2. The number of phenolic OH excluding ortho intramolecular Hbond substituents is 1. The molecule has 2 rings (SSSR count). The molecule has 0 radical (unpaired) electrons. The van der Waals surface area contributed by atoms with Gasteiger partial charge in [-0.05, 0) is 18.9 Å². The van der Waals surface area contributed by atoms with Gasteiger partial charge in [0.05, 0.1) is 16.7 Å². The molecule has 8 heteroatoms. The second-order valence-corrected chi connectivity index (χ2v) is 4.31. The molecule has 0 atom stereocenters. The molecule has 1 fully saturated rings. The van der Waals surface area contributed by atoms with Crippen LogP contribution >= 0.6 is 0 Å². The third-order valence-corrected chi connectivity index (χ3v) is 3.04. The summed E-state index contributed by atoms with van der Waals surface area (Å²) in [7, 11) is 0. The van der Waals surface area contributed by atoms with Gasteiger partial charge in [0.2, 0.25) is 0 Å². The van der Waals surface area contributed by atoms with Crippen LogP contribution in [-0.2, 0) is 6.18 Å². The molecule has 1 saturated heterocycles. The second kappa shape index (κ2) is 4.60. The number of nitro benzene ring substituents is 1. The Morgan fingerprint density at radius 1 is 1.26 bits per heavy atom. The van der Waals surface area contributed by atoms with Crippen LogP contribution in [-0.4, -0.2) is 23.1 Å². The maximum Gasteiger partial charge on any atom is 0.423 e. The first-order chi connectivity index (χ1) is 8.80. The lowest BCUT2D eigenvalue weighted by atomic mass is 10.1. The Balaban J connectivity index is 2.55. The molecule has 104 valence electrons. The van der Waals surface area contributed by atoms with Gasteiger partial charge in [-0.2, -0.15) is 13.2 Å². The minimum absolute atomic E-state index is 0.00424. The van der Waals surface area contributed by atoms with Crippen LogP contribution in [0.15, 0.2) is 12.1 Å². The van der Waals surface area contributed by atoms with Crippen LogP contribution in [0.4, 0.5) is 24.5 Å². The SMILES string of the molecule is O=[N+]([O-])c1cc(O)c(N2CCCC2)cc1C(F)(F)F. The lowest BCUT2D eigenvalue weighted by molar-refractivity contribution is -0.388. The fraction of sp³-hybridized carbons (Fsp3) is 0.455. The maximum atomic E-state index is 12.8. The number of aromatic hydroxyl groups is 1. The zero-order valence-electron chi connectivity index (χ0n) is 9.78. The molecule has 1 aromatic rings.